The predicted molar refractivity (Wildman–Crippen MR) is 95.9 cm³/mol. The lowest BCUT2D eigenvalue weighted by molar-refractivity contribution is -0.131. The Bertz CT molecular complexity index is 787. The number of piperidine rings is 1. The molecule has 0 unspecified atom stereocenters. The Kier molecular flexibility index (Phi) is 4.93. The lowest BCUT2D eigenvalue weighted by Crippen LogP contribution is -2.38. The minimum Gasteiger partial charge on any atom is -0.338 e. The van der Waals surface area contributed by atoms with Crippen LogP contribution in [0, 0.1) is 5.82 Å². The van der Waals surface area contributed by atoms with E-state index in [0.717, 1.165) is 42.0 Å². The molecule has 5 nitrogen and oxygen atoms in total. The van der Waals surface area contributed by atoms with Gasteiger partial charge in [0.2, 0.25) is 5.91 Å². The lowest BCUT2D eigenvalue weighted by atomic mass is 10.0. The Labute approximate surface area is 152 Å². The molecule has 4 rings (SSSR count). The average molecular weight is 354 g/mol. The van der Waals surface area contributed by atoms with E-state index >= 15 is 0 Å². The number of amides is 1. The molecule has 2 aliphatic rings. The van der Waals surface area contributed by atoms with Gasteiger partial charge in [0.25, 0.3) is 0 Å². The summed E-state index contributed by atoms with van der Waals surface area (Å²) in [5, 5.41) is 3.48. The molecule has 26 heavy (non-hydrogen) atoms. The van der Waals surface area contributed by atoms with Gasteiger partial charge in [-0.2, -0.15) is 0 Å². The summed E-state index contributed by atoms with van der Waals surface area (Å²) < 4.78 is 13.0. The average Bonchev–Trinajstić information content (AvgIpc) is 2.69. The Balaban J connectivity index is 1.42. The van der Waals surface area contributed by atoms with E-state index in [-0.39, 0.29) is 17.8 Å². The Hall–Kier alpha value is -2.34. The number of rotatable bonds is 3. The number of halogens is 1. The van der Waals surface area contributed by atoms with E-state index in [2.05, 4.69) is 10.3 Å². The second-order valence-corrected chi connectivity index (χ2v) is 7.07. The van der Waals surface area contributed by atoms with Crippen molar-refractivity contribution in [2.45, 2.75) is 44.7 Å². The van der Waals surface area contributed by atoms with E-state index in [1.807, 2.05) is 11.1 Å². The first-order chi connectivity index (χ1) is 12.7. The highest BCUT2D eigenvalue weighted by Crippen LogP contribution is 2.23. The second kappa shape index (κ2) is 7.50. The molecule has 3 heterocycles. The Morgan fingerprint density at radius 2 is 2.12 bits per heavy atom. The molecule has 0 aliphatic carbocycles. The summed E-state index contributed by atoms with van der Waals surface area (Å²) in [6.45, 7) is 2.24. The van der Waals surface area contributed by atoms with Gasteiger partial charge in [-0.1, -0.05) is 18.6 Å². The molecule has 1 amide bonds. The summed E-state index contributed by atoms with van der Waals surface area (Å²) >= 11 is 0. The summed E-state index contributed by atoms with van der Waals surface area (Å²) in [5.41, 5.74) is 2.92. The van der Waals surface area contributed by atoms with Gasteiger partial charge in [-0.05, 0) is 37.1 Å². The molecule has 2 aromatic rings. The molecule has 1 atom stereocenters. The first-order valence-corrected chi connectivity index (χ1v) is 9.29. The van der Waals surface area contributed by atoms with Crippen molar-refractivity contribution < 1.29 is 9.18 Å². The Morgan fingerprint density at radius 3 is 2.88 bits per heavy atom. The number of carbonyl (C=O) groups is 1. The minimum atomic E-state index is -0.284. The molecule has 1 fully saturated rings. The highest BCUT2D eigenvalue weighted by atomic mass is 19.1. The number of fused-ring (bicyclic) bond motifs is 1. The molecule has 1 saturated heterocycles. The Morgan fingerprint density at radius 1 is 1.27 bits per heavy atom. The van der Waals surface area contributed by atoms with Crippen molar-refractivity contribution in [1.82, 2.24) is 20.2 Å². The third-order valence-corrected chi connectivity index (χ3v) is 5.20. The fourth-order valence-corrected chi connectivity index (χ4v) is 3.67. The largest absolute Gasteiger partial charge is 0.338 e. The maximum atomic E-state index is 13.0. The van der Waals surface area contributed by atoms with E-state index in [1.165, 1.54) is 25.0 Å². The van der Waals surface area contributed by atoms with Crippen molar-refractivity contribution in [3.63, 3.8) is 0 Å². The molecular formula is C20H23FN4O. The number of benzene rings is 1. The molecule has 1 N–H and O–H groups in total. The second-order valence-electron chi connectivity index (χ2n) is 7.07. The molecule has 0 radical (unpaired) electrons. The molecule has 0 saturated carbocycles. The van der Waals surface area contributed by atoms with Crippen molar-refractivity contribution in [2.24, 2.45) is 0 Å². The van der Waals surface area contributed by atoms with Crippen molar-refractivity contribution in [3.05, 3.63) is 58.9 Å². The number of nitrogens with one attached hydrogen (secondary N) is 1. The van der Waals surface area contributed by atoms with E-state index in [0.29, 0.717) is 19.5 Å². The SMILES string of the molecule is O=C(Cc1ccc(F)cc1)N1CCc2nc([C@@H]3CCCCN3)ncc2C1. The molecular weight excluding hydrogens is 331 g/mol. The number of hydrogen-bond acceptors (Lipinski definition) is 4. The summed E-state index contributed by atoms with van der Waals surface area (Å²) in [4.78, 5) is 23.7. The molecule has 0 bridgehead atoms. The normalized spacial score (nSPS) is 19.9. The van der Waals surface area contributed by atoms with Crippen LogP contribution in [0.3, 0.4) is 0 Å². The van der Waals surface area contributed by atoms with Gasteiger partial charge >= 0.3 is 0 Å². The van der Waals surface area contributed by atoms with Crippen LogP contribution in [0.5, 0.6) is 0 Å². The van der Waals surface area contributed by atoms with Crippen molar-refractivity contribution >= 4 is 5.91 Å². The van der Waals surface area contributed by atoms with Crippen LogP contribution in [0.1, 0.15) is 47.9 Å². The number of hydrogen-bond donors (Lipinski definition) is 1. The van der Waals surface area contributed by atoms with Gasteiger partial charge in [0.15, 0.2) is 0 Å². The third-order valence-electron chi connectivity index (χ3n) is 5.20. The summed E-state index contributed by atoms with van der Waals surface area (Å²) in [6, 6.07) is 6.37. The minimum absolute atomic E-state index is 0.0558. The van der Waals surface area contributed by atoms with Crippen LogP contribution in [0.25, 0.3) is 0 Å². The van der Waals surface area contributed by atoms with Crippen LogP contribution in [0.15, 0.2) is 30.5 Å². The van der Waals surface area contributed by atoms with Crippen LogP contribution in [0.4, 0.5) is 4.39 Å². The van der Waals surface area contributed by atoms with Gasteiger partial charge < -0.3 is 10.2 Å². The maximum absolute atomic E-state index is 13.0. The fraction of sp³-hybridized carbons (Fsp3) is 0.450. The zero-order valence-corrected chi connectivity index (χ0v) is 14.7. The van der Waals surface area contributed by atoms with Crippen LogP contribution in [-0.4, -0.2) is 33.9 Å². The molecule has 0 spiro atoms. The molecule has 136 valence electrons. The highest BCUT2D eigenvalue weighted by Gasteiger charge is 2.24. The maximum Gasteiger partial charge on any atom is 0.227 e. The summed E-state index contributed by atoms with van der Waals surface area (Å²) in [6.07, 6.45) is 6.44. The van der Waals surface area contributed by atoms with E-state index in [4.69, 9.17) is 4.98 Å². The van der Waals surface area contributed by atoms with Gasteiger partial charge in [-0.25, -0.2) is 14.4 Å². The van der Waals surface area contributed by atoms with Crippen LogP contribution in [-0.2, 0) is 24.2 Å². The highest BCUT2D eigenvalue weighted by molar-refractivity contribution is 5.79. The van der Waals surface area contributed by atoms with Gasteiger partial charge in [0.1, 0.15) is 11.6 Å². The van der Waals surface area contributed by atoms with Gasteiger partial charge in [0, 0.05) is 31.3 Å². The fourth-order valence-electron chi connectivity index (χ4n) is 3.67. The molecule has 2 aliphatic heterocycles. The number of carbonyl (C=O) groups excluding carboxylic acids is 1. The van der Waals surface area contributed by atoms with E-state index < -0.39 is 0 Å². The van der Waals surface area contributed by atoms with Crippen molar-refractivity contribution in [3.8, 4) is 0 Å². The topological polar surface area (TPSA) is 58.1 Å². The zero-order valence-electron chi connectivity index (χ0n) is 14.7. The van der Waals surface area contributed by atoms with E-state index in [9.17, 15) is 9.18 Å². The predicted octanol–water partition coefficient (Wildman–Crippen LogP) is 2.56. The molecule has 1 aromatic carbocycles. The number of nitrogens with zero attached hydrogens (tertiary/aromatic N) is 3. The summed E-state index contributed by atoms with van der Waals surface area (Å²) in [5.74, 6) is 0.656. The smallest absolute Gasteiger partial charge is 0.227 e. The first kappa shape index (κ1) is 17.1. The van der Waals surface area contributed by atoms with Crippen molar-refractivity contribution in [1.29, 1.82) is 0 Å². The van der Waals surface area contributed by atoms with Gasteiger partial charge in [-0.15, -0.1) is 0 Å². The number of aromatic nitrogens is 2. The first-order valence-electron chi connectivity index (χ1n) is 9.29. The quantitative estimate of drug-likeness (QED) is 0.920. The molecule has 6 heteroatoms. The van der Waals surface area contributed by atoms with E-state index in [1.54, 1.807) is 12.1 Å². The van der Waals surface area contributed by atoms with Crippen LogP contribution >= 0.6 is 0 Å². The summed E-state index contributed by atoms with van der Waals surface area (Å²) in [7, 11) is 0. The van der Waals surface area contributed by atoms with Crippen LogP contribution in [0.2, 0.25) is 0 Å². The third kappa shape index (κ3) is 3.75. The monoisotopic (exact) mass is 354 g/mol. The van der Waals surface area contributed by atoms with Crippen molar-refractivity contribution in [2.75, 3.05) is 13.1 Å². The lowest BCUT2D eigenvalue weighted by Gasteiger charge is -2.29. The standard InChI is InChI=1S/C20H23FN4O/c21-16-6-4-14(5-7-16)11-19(26)25-10-8-17-15(13-25)12-23-20(24-17)18-3-1-2-9-22-18/h4-7,12,18,22H,1-3,8-11,13H2/t18-/m0/s1. The zero-order chi connectivity index (χ0) is 17.9. The van der Waals surface area contributed by atoms with Gasteiger partial charge in [-0.3, -0.25) is 4.79 Å². The van der Waals surface area contributed by atoms with Gasteiger partial charge in [0.05, 0.1) is 18.2 Å². The molecule has 1 aromatic heterocycles. The van der Waals surface area contributed by atoms with Crippen LogP contribution < -0.4 is 5.32 Å².